The third kappa shape index (κ3) is 3.18. The van der Waals surface area contributed by atoms with Crippen molar-refractivity contribution in [3.8, 4) is 11.3 Å². The summed E-state index contributed by atoms with van der Waals surface area (Å²) in [5.41, 5.74) is 4.44. The van der Waals surface area contributed by atoms with Gasteiger partial charge in [0.15, 0.2) is 0 Å². The first-order valence-electron chi connectivity index (χ1n) is 8.42. The van der Waals surface area contributed by atoms with Crippen LogP contribution < -0.4 is 10.4 Å². The molecule has 1 N–H and O–H groups in total. The number of benzene rings is 2. The fourth-order valence-corrected chi connectivity index (χ4v) is 3.10. The minimum atomic E-state index is -0.564. The lowest BCUT2D eigenvalue weighted by atomic mass is 10.1. The molecule has 1 fully saturated rings. The highest BCUT2D eigenvalue weighted by Gasteiger charge is 2.34. The summed E-state index contributed by atoms with van der Waals surface area (Å²) in [5, 5.41) is 1.69. The molecule has 1 aromatic heterocycles. The van der Waals surface area contributed by atoms with Gasteiger partial charge in [-0.05, 0) is 61.0 Å². The first-order chi connectivity index (χ1) is 13.4. The maximum absolute atomic E-state index is 13.1. The van der Waals surface area contributed by atoms with Crippen molar-refractivity contribution in [3.63, 3.8) is 0 Å². The topological polar surface area (TPSA) is 62.6 Å². The van der Waals surface area contributed by atoms with Crippen LogP contribution in [0.15, 0.2) is 64.6 Å². The summed E-state index contributed by atoms with van der Waals surface area (Å²) in [6.45, 7) is 1.88. The Morgan fingerprint density at radius 3 is 2.57 bits per heavy atom. The summed E-state index contributed by atoms with van der Waals surface area (Å²) in [4.78, 5) is 24.8. The number of halogens is 2. The van der Waals surface area contributed by atoms with Crippen molar-refractivity contribution in [2.45, 2.75) is 6.92 Å². The van der Waals surface area contributed by atoms with Gasteiger partial charge in [0.25, 0.3) is 11.8 Å². The molecule has 2 amide bonds. The molecule has 0 unspecified atom stereocenters. The molecular weight excluding hydrogens is 383 g/mol. The Morgan fingerprint density at radius 1 is 1.07 bits per heavy atom. The molecule has 0 radical (unpaired) electrons. The van der Waals surface area contributed by atoms with Gasteiger partial charge in [0.1, 0.15) is 22.9 Å². The molecule has 1 saturated heterocycles. The Labute approximate surface area is 165 Å². The van der Waals surface area contributed by atoms with Crippen molar-refractivity contribution in [1.29, 1.82) is 0 Å². The van der Waals surface area contributed by atoms with E-state index in [4.69, 9.17) is 16.0 Å². The van der Waals surface area contributed by atoms with Gasteiger partial charge in [-0.2, -0.15) is 0 Å². The van der Waals surface area contributed by atoms with E-state index in [2.05, 4.69) is 5.43 Å². The Balaban J connectivity index is 1.63. The average Bonchev–Trinajstić information content (AvgIpc) is 3.25. The van der Waals surface area contributed by atoms with Crippen LogP contribution >= 0.6 is 11.6 Å². The van der Waals surface area contributed by atoms with Crippen LogP contribution in [-0.4, -0.2) is 11.8 Å². The van der Waals surface area contributed by atoms with Crippen molar-refractivity contribution >= 4 is 35.2 Å². The number of carbonyl (C=O) groups is 2. The van der Waals surface area contributed by atoms with E-state index in [1.54, 1.807) is 18.2 Å². The smallest absolute Gasteiger partial charge is 0.282 e. The fourth-order valence-electron chi connectivity index (χ4n) is 2.92. The highest BCUT2D eigenvalue weighted by atomic mass is 35.5. The van der Waals surface area contributed by atoms with Crippen molar-refractivity contribution in [3.05, 3.63) is 82.3 Å². The van der Waals surface area contributed by atoms with E-state index in [0.717, 1.165) is 16.1 Å². The molecule has 0 aliphatic carbocycles. The fraction of sp³-hybridized carbons (Fsp3) is 0.0476. The minimum Gasteiger partial charge on any atom is -0.457 e. The van der Waals surface area contributed by atoms with E-state index < -0.39 is 17.6 Å². The Kier molecular flexibility index (Phi) is 4.49. The minimum absolute atomic E-state index is 0.0759. The van der Waals surface area contributed by atoms with Gasteiger partial charge < -0.3 is 4.42 Å². The molecule has 1 aliphatic rings. The molecule has 28 heavy (non-hydrogen) atoms. The third-order valence-electron chi connectivity index (χ3n) is 4.42. The largest absolute Gasteiger partial charge is 0.457 e. The number of hydrazine groups is 1. The lowest BCUT2D eigenvalue weighted by molar-refractivity contribution is -0.117. The second-order valence-corrected chi connectivity index (χ2v) is 6.64. The summed E-state index contributed by atoms with van der Waals surface area (Å²) in [6, 6.07) is 14.1. The zero-order valence-electron chi connectivity index (χ0n) is 14.7. The van der Waals surface area contributed by atoms with Crippen LogP contribution in [0.4, 0.5) is 10.1 Å². The highest BCUT2D eigenvalue weighted by Crippen LogP contribution is 2.30. The Morgan fingerprint density at radius 2 is 1.82 bits per heavy atom. The van der Waals surface area contributed by atoms with Gasteiger partial charge in [-0.3, -0.25) is 15.0 Å². The van der Waals surface area contributed by atoms with E-state index in [-0.39, 0.29) is 5.57 Å². The first-order valence-corrected chi connectivity index (χ1v) is 8.80. The third-order valence-corrected chi connectivity index (χ3v) is 4.83. The lowest BCUT2D eigenvalue weighted by Crippen LogP contribution is -2.35. The van der Waals surface area contributed by atoms with Gasteiger partial charge >= 0.3 is 0 Å². The molecule has 4 rings (SSSR count). The zero-order valence-corrected chi connectivity index (χ0v) is 15.5. The van der Waals surface area contributed by atoms with Gasteiger partial charge in [-0.15, -0.1) is 0 Å². The molecule has 0 spiro atoms. The number of furan rings is 1. The number of nitrogens with one attached hydrogen (secondary N) is 1. The predicted molar refractivity (Wildman–Crippen MR) is 104 cm³/mol. The molecule has 2 heterocycles. The number of hydrogen-bond donors (Lipinski definition) is 1. The average molecular weight is 397 g/mol. The zero-order chi connectivity index (χ0) is 19.8. The van der Waals surface area contributed by atoms with Crippen LogP contribution in [0.5, 0.6) is 0 Å². The molecule has 3 aromatic rings. The van der Waals surface area contributed by atoms with Gasteiger partial charge in [0.05, 0.1) is 5.69 Å². The number of carbonyl (C=O) groups excluding carboxylic acids is 2. The maximum Gasteiger partial charge on any atom is 0.282 e. The number of nitrogens with zero attached hydrogens (tertiary/aromatic N) is 1. The summed E-state index contributed by atoms with van der Waals surface area (Å²) in [7, 11) is 0. The van der Waals surface area contributed by atoms with E-state index >= 15 is 0 Å². The summed E-state index contributed by atoms with van der Waals surface area (Å²) < 4.78 is 18.9. The standard InChI is InChI=1S/C21H14ClFN2O3/c1-12-16(3-2-4-18(12)22)19-10-9-15(28-19)11-17-20(26)24-25(21(17)27)14-7-5-13(23)6-8-14/h2-11H,1H3,(H,24,26)/b17-11+. The molecule has 7 heteroatoms. The predicted octanol–water partition coefficient (Wildman–Crippen LogP) is 4.51. The molecule has 0 bridgehead atoms. The monoisotopic (exact) mass is 396 g/mol. The van der Waals surface area contributed by atoms with Crippen LogP contribution in [-0.2, 0) is 9.59 Å². The van der Waals surface area contributed by atoms with Gasteiger partial charge in [0, 0.05) is 10.6 Å². The summed E-state index contributed by atoms with van der Waals surface area (Å²) in [6.07, 6.45) is 1.38. The van der Waals surface area contributed by atoms with Gasteiger partial charge in [0.2, 0.25) is 0 Å². The van der Waals surface area contributed by atoms with E-state index in [9.17, 15) is 14.0 Å². The Hall–Kier alpha value is -3.38. The van der Waals surface area contributed by atoms with Crippen LogP contribution in [0.1, 0.15) is 11.3 Å². The highest BCUT2D eigenvalue weighted by molar-refractivity contribution is 6.32. The van der Waals surface area contributed by atoms with Crippen molar-refractivity contribution in [1.82, 2.24) is 5.43 Å². The van der Waals surface area contributed by atoms with Crippen molar-refractivity contribution in [2.75, 3.05) is 5.01 Å². The molecule has 2 aromatic carbocycles. The second kappa shape index (κ2) is 6.98. The van der Waals surface area contributed by atoms with Gasteiger partial charge in [-0.25, -0.2) is 9.40 Å². The molecule has 1 aliphatic heterocycles. The van der Waals surface area contributed by atoms with E-state index in [1.807, 2.05) is 19.1 Å². The SMILES string of the molecule is Cc1c(Cl)cccc1-c1ccc(/C=C2\C(=O)NN(c3ccc(F)cc3)C2=O)o1. The molecular formula is C21H14ClFN2O3. The van der Waals surface area contributed by atoms with Crippen LogP contribution in [0.3, 0.4) is 0 Å². The summed E-state index contributed by atoms with van der Waals surface area (Å²) in [5.74, 6) is -0.612. The first kappa shape index (κ1) is 18.0. The van der Waals surface area contributed by atoms with Gasteiger partial charge in [-0.1, -0.05) is 23.7 Å². The Bertz CT molecular complexity index is 1120. The number of anilines is 1. The van der Waals surface area contributed by atoms with Crippen LogP contribution in [0.2, 0.25) is 5.02 Å². The molecule has 0 saturated carbocycles. The normalized spacial score (nSPS) is 15.4. The lowest BCUT2D eigenvalue weighted by Gasteiger charge is -2.14. The quantitative estimate of drug-likeness (QED) is 0.523. The van der Waals surface area contributed by atoms with E-state index in [0.29, 0.717) is 22.2 Å². The van der Waals surface area contributed by atoms with Crippen molar-refractivity contribution < 1.29 is 18.4 Å². The molecule has 140 valence electrons. The summed E-state index contributed by atoms with van der Waals surface area (Å²) >= 11 is 6.15. The molecule has 5 nitrogen and oxygen atoms in total. The van der Waals surface area contributed by atoms with E-state index in [1.165, 1.54) is 30.3 Å². The second-order valence-electron chi connectivity index (χ2n) is 6.23. The van der Waals surface area contributed by atoms with Crippen LogP contribution in [0, 0.1) is 12.7 Å². The molecule has 0 atom stereocenters. The number of rotatable bonds is 3. The van der Waals surface area contributed by atoms with Crippen molar-refractivity contribution in [2.24, 2.45) is 0 Å². The maximum atomic E-state index is 13.1. The number of amides is 2. The number of hydrogen-bond acceptors (Lipinski definition) is 3. The van der Waals surface area contributed by atoms with Crippen LogP contribution in [0.25, 0.3) is 17.4 Å².